The molecule has 256 valence electrons. The van der Waals surface area contributed by atoms with Crippen LogP contribution in [0.3, 0.4) is 0 Å². The van der Waals surface area contributed by atoms with Gasteiger partial charge in [-0.1, -0.05) is 18.2 Å². The molecule has 3 amide bonds. The first kappa shape index (κ1) is 32.8. The van der Waals surface area contributed by atoms with Crippen molar-refractivity contribution >= 4 is 36.1 Å². The lowest BCUT2D eigenvalue weighted by molar-refractivity contribution is -0.173. The summed E-state index contributed by atoms with van der Waals surface area (Å²) in [5, 5.41) is 3.58. The number of alkyl halides is 2. The molecule has 4 fully saturated rings. The van der Waals surface area contributed by atoms with E-state index in [9.17, 15) is 37.5 Å². The Kier molecular flexibility index (Phi) is 7.82. The number of aromatic nitrogens is 2. The maximum atomic E-state index is 14.4. The van der Waals surface area contributed by atoms with Crippen molar-refractivity contribution in [3.63, 3.8) is 0 Å². The number of likely N-dealkylation sites (tertiary alicyclic amines) is 1. The number of ether oxygens (including phenoxy) is 1. The van der Waals surface area contributed by atoms with E-state index in [1.165, 1.54) is 18.2 Å². The van der Waals surface area contributed by atoms with Crippen LogP contribution in [0.1, 0.15) is 66.7 Å². The lowest BCUT2D eigenvalue weighted by Crippen LogP contribution is -2.66. The van der Waals surface area contributed by atoms with Crippen LogP contribution < -0.4 is 5.32 Å². The largest absolute Gasteiger partial charge is 0.399 e. The molecular formula is C33H38F2N5O7P. The molecule has 1 unspecified atom stereocenters. The smallest absolute Gasteiger partial charge is 0.367 e. The van der Waals surface area contributed by atoms with Gasteiger partial charge in [0, 0.05) is 43.7 Å². The molecule has 3 N–H and O–H groups in total. The van der Waals surface area contributed by atoms with Gasteiger partial charge in [0.25, 0.3) is 5.91 Å². The van der Waals surface area contributed by atoms with Crippen LogP contribution in [0.4, 0.5) is 8.78 Å². The molecule has 0 bridgehead atoms. The van der Waals surface area contributed by atoms with Gasteiger partial charge in [-0.05, 0) is 79.3 Å². The molecule has 1 spiro atoms. The van der Waals surface area contributed by atoms with Crippen molar-refractivity contribution in [2.75, 3.05) is 20.2 Å². The summed E-state index contributed by atoms with van der Waals surface area (Å²) in [6.07, 6.45) is 8.73. The Bertz CT molecular complexity index is 1850. The molecule has 15 heteroatoms. The molecule has 1 aromatic heterocycles. The van der Waals surface area contributed by atoms with Crippen LogP contribution in [0, 0.1) is 5.41 Å². The summed E-state index contributed by atoms with van der Waals surface area (Å²) < 4.78 is 48.0. The fourth-order valence-electron chi connectivity index (χ4n) is 7.85. The van der Waals surface area contributed by atoms with Crippen LogP contribution in [0.25, 0.3) is 10.8 Å². The first-order valence-corrected chi connectivity index (χ1v) is 17.7. The van der Waals surface area contributed by atoms with Gasteiger partial charge in [0.05, 0.1) is 13.1 Å². The highest BCUT2D eigenvalue weighted by Crippen LogP contribution is 2.59. The predicted molar refractivity (Wildman–Crippen MR) is 169 cm³/mol. The Hall–Kier alpha value is -3.71. The van der Waals surface area contributed by atoms with Crippen molar-refractivity contribution in [1.82, 2.24) is 24.7 Å². The molecular weight excluding hydrogens is 647 g/mol. The number of rotatable bonds is 7. The number of nitrogens with one attached hydrogen (secondary N) is 1. The number of carbonyl (C=O) groups excluding carboxylic acids is 3. The predicted octanol–water partition coefficient (Wildman–Crippen LogP) is 3.61. The second kappa shape index (κ2) is 11.4. The highest BCUT2D eigenvalue weighted by atomic mass is 31.2. The number of carbonyl (C=O) groups is 3. The van der Waals surface area contributed by atoms with Crippen LogP contribution in [0.15, 0.2) is 48.8 Å². The number of nitrogens with zero attached hydrogens (tertiary/aromatic N) is 4. The number of halogens is 2. The van der Waals surface area contributed by atoms with Crippen molar-refractivity contribution in [3.05, 3.63) is 65.7 Å². The second-order valence-electron chi connectivity index (χ2n) is 13.9. The molecule has 3 atom stereocenters. The quantitative estimate of drug-likeness (QED) is 0.319. The second-order valence-corrected chi connectivity index (χ2v) is 15.5. The topological polar surface area (TPSA) is 154 Å². The van der Waals surface area contributed by atoms with Crippen molar-refractivity contribution < 1.29 is 42.3 Å². The van der Waals surface area contributed by atoms with E-state index in [-0.39, 0.29) is 34.2 Å². The molecule has 3 aromatic rings. The summed E-state index contributed by atoms with van der Waals surface area (Å²) in [6, 6.07) is 5.96. The third-order valence-electron chi connectivity index (χ3n) is 10.9. The number of imidazole rings is 1. The minimum atomic E-state index is -5.78. The van der Waals surface area contributed by atoms with E-state index in [4.69, 9.17) is 4.74 Å². The van der Waals surface area contributed by atoms with E-state index in [1.54, 1.807) is 29.2 Å². The highest BCUT2D eigenvalue weighted by molar-refractivity contribution is 7.52. The molecule has 1 saturated carbocycles. The summed E-state index contributed by atoms with van der Waals surface area (Å²) >= 11 is 0. The first-order chi connectivity index (χ1) is 22.7. The summed E-state index contributed by atoms with van der Waals surface area (Å²) in [6.45, 7) is 0.618. The van der Waals surface area contributed by atoms with Crippen molar-refractivity contribution in [1.29, 1.82) is 0 Å². The van der Waals surface area contributed by atoms with Gasteiger partial charge >= 0.3 is 13.3 Å². The maximum Gasteiger partial charge on any atom is 0.399 e. The van der Waals surface area contributed by atoms with Gasteiger partial charge in [-0.15, -0.1) is 0 Å². The zero-order valence-corrected chi connectivity index (χ0v) is 27.5. The van der Waals surface area contributed by atoms with E-state index >= 15 is 0 Å². The fraction of sp³-hybridized carbons (Fsp3) is 0.515. The fourth-order valence-corrected chi connectivity index (χ4v) is 8.32. The zero-order chi connectivity index (χ0) is 34.2. The standard InChI is InChI=1S/C33H38F2N5O7P/c1-38-14-13-36-30(38)32(47-2)18-39(19-32)29(43)26-8-7-24-9-10-31(11-12-31)17-25(28(42)40(24)26)37-27(41)21-4-3-20-5-6-23(16-22(20)15-21)33(34,35)48(44,45)46/h3-6,13-16,24-26H,7-12,17-19H2,1-2H3,(H,37,41)(H2,44,45,46)/t24?,25-,26-/m0/s1. The van der Waals surface area contributed by atoms with Gasteiger partial charge in [0.2, 0.25) is 11.8 Å². The van der Waals surface area contributed by atoms with Crippen LogP contribution in [0.2, 0.25) is 0 Å². The van der Waals surface area contributed by atoms with Crippen molar-refractivity contribution in [2.24, 2.45) is 12.5 Å². The first-order valence-electron chi connectivity index (χ1n) is 16.1. The highest BCUT2D eigenvalue weighted by Gasteiger charge is 2.56. The molecule has 2 aromatic carbocycles. The van der Waals surface area contributed by atoms with Gasteiger partial charge in [0.15, 0.2) is 5.60 Å². The van der Waals surface area contributed by atoms with Gasteiger partial charge in [-0.3, -0.25) is 18.9 Å². The van der Waals surface area contributed by atoms with Crippen LogP contribution >= 0.6 is 7.60 Å². The van der Waals surface area contributed by atoms with Gasteiger partial charge in [-0.2, -0.15) is 8.78 Å². The average Bonchev–Trinajstić information content (AvgIpc) is 3.45. The van der Waals surface area contributed by atoms with Crippen molar-refractivity contribution in [3.8, 4) is 0 Å². The SMILES string of the molecule is COC1(c2nccn2C)CN(C(=O)[C@@H]2CCC3CCC4(CC4)C[C@H](NC(=O)c4ccc5ccc(C(F)(F)P(=O)(O)O)cc5c4)C(=O)N32)C1. The molecule has 7 rings (SSSR count). The Labute approximate surface area is 275 Å². The minimum Gasteiger partial charge on any atom is -0.367 e. The monoisotopic (exact) mass is 685 g/mol. The number of aryl methyl sites for hydroxylation is 1. The van der Waals surface area contributed by atoms with Crippen LogP contribution in [-0.4, -0.2) is 85.2 Å². The number of benzene rings is 2. The zero-order valence-electron chi connectivity index (χ0n) is 26.6. The third kappa shape index (κ3) is 5.42. The van der Waals surface area contributed by atoms with Crippen molar-refractivity contribution in [2.45, 2.75) is 74.3 Å². The average molecular weight is 686 g/mol. The molecule has 3 saturated heterocycles. The Morgan fingerprint density at radius 3 is 2.44 bits per heavy atom. The summed E-state index contributed by atoms with van der Waals surface area (Å²) in [7, 11) is -2.32. The Morgan fingerprint density at radius 1 is 1.06 bits per heavy atom. The lowest BCUT2D eigenvalue weighted by atomic mass is 9.86. The van der Waals surface area contributed by atoms with E-state index in [0.29, 0.717) is 37.7 Å². The summed E-state index contributed by atoms with van der Waals surface area (Å²) in [5.41, 5.74) is -5.94. The van der Waals surface area contributed by atoms with Crippen LogP contribution in [0.5, 0.6) is 0 Å². The number of amides is 3. The molecule has 1 aliphatic carbocycles. The number of hydrogen-bond donors (Lipinski definition) is 3. The van der Waals surface area contributed by atoms with Gasteiger partial charge in [-0.25, -0.2) is 4.98 Å². The Balaban J connectivity index is 1.11. The van der Waals surface area contributed by atoms with Crippen LogP contribution in [-0.2, 0) is 37.2 Å². The molecule has 4 heterocycles. The molecule has 48 heavy (non-hydrogen) atoms. The molecule has 0 radical (unpaired) electrons. The van der Waals surface area contributed by atoms with E-state index < -0.39 is 42.4 Å². The maximum absolute atomic E-state index is 14.4. The number of methoxy groups -OCH3 is 1. The lowest BCUT2D eigenvalue weighted by Gasteiger charge is -2.49. The summed E-state index contributed by atoms with van der Waals surface area (Å²) in [5.74, 6) is -0.321. The third-order valence-corrected chi connectivity index (χ3v) is 11.9. The number of fused-ring (bicyclic) bond motifs is 2. The minimum absolute atomic E-state index is 0.0498. The normalized spacial score (nSPS) is 25.0. The van der Waals surface area contributed by atoms with Gasteiger partial charge in [0.1, 0.15) is 17.9 Å². The van der Waals surface area contributed by atoms with Gasteiger partial charge < -0.3 is 34.2 Å². The van der Waals surface area contributed by atoms with E-state index in [1.807, 2.05) is 17.8 Å². The van der Waals surface area contributed by atoms with E-state index in [0.717, 1.165) is 43.6 Å². The van der Waals surface area contributed by atoms with E-state index in [2.05, 4.69) is 10.3 Å². The molecule has 3 aliphatic heterocycles. The number of hydrogen-bond acceptors (Lipinski definition) is 6. The Morgan fingerprint density at radius 2 is 1.79 bits per heavy atom. The summed E-state index contributed by atoms with van der Waals surface area (Å²) in [4.78, 5) is 68.1. The molecule has 12 nitrogen and oxygen atoms in total. The molecule has 4 aliphatic rings.